The summed E-state index contributed by atoms with van der Waals surface area (Å²) in [6, 6.07) is -0.712. The molecule has 1 heterocycles. The largest absolute Gasteiger partial charge is 0.481 e. The summed E-state index contributed by atoms with van der Waals surface area (Å²) in [6.45, 7) is 4.13. The molecule has 7 heteroatoms. The van der Waals surface area contributed by atoms with Crippen LogP contribution in [0.15, 0.2) is 6.20 Å². The van der Waals surface area contributed by atoms with Crippen molar-refractivity contribution in [1.82, 2.24) is 15.6 Å². The number of nitrogens with zero attached hydrogens (tertiary/aromatic N) is 1. The Hall–Kier alpha value is -1.63. The standard InChI is InChI=1S/C11H17N3O3S/c1-3-8(4-10(15)16)14-11(17)13-6-9-12-5-7(2)18-9/h5,8H,3-4,6H2,1-2H3,(H,15,16)(H2,13,14,17). The molecule has 0 aromatic carbocycles. The van der Waals surface area contributed by atoms with E-state index in [9.17, 15) is 9.59 Å². The van der Waals surface area contributed by atoms with Gasteiger partial charge in [0.25, 0.3) is 0 Å². The van der Waals surface area contributed by atoms with E-state index in [2.05, 4.69) is 15.6 Å². The van der Waals surface area contributed by atoms with E-state index in [0.717, 1.165) is 9.88 Å². The van der Waals surface area contributed by atoms with Crippen molar-refractivity contribution in [1.29, 1.82) is 0 Å². The third-order valence-electron chi connectivity index (χ3n) is 2.32. The Balaban J connectivity index is 2.34. The van der Waals surface area contributed by atoms with Gasteiger partial charge in [0.05, 0.1) is 13.0 Å². The Morgan fingerprint density at radius 2 is 2.28 bits per heavy atom. The van der Waals surface area contributed by atoms with Crippen LogP contribution in [0.2, 0.25) is 0 Å². The topological polar surface area (TPSA) is 91.3 Å². The van der Waals surface area contributed by atoms with Crippen molar-refractivity contribution in [3.8, 4) is 0 Å². The highest BCUT2D eigenvalue weighted by Crippen LogP contribution is 2.10. The summed E-state index contributed by atoms with van der Waals surface area (Å²) < 4.78 is 0. The van der Waals surface area contributed by atoms with Gasteiger partial charge in [0.2, 0.25) is 0 Å². The zero-order chi connectivity index (χ0) is 13.5. The molecular weight excluding hydrogens is 254 g/mol. The average molecular weight is 271 g/mol. The molecule has 18 heavy (non-hydrogen) atoms. The molecule has 0 aliphatic carbocycles. The number of carbonyl (C=O) groups is 2. The lowest BCUT2D eigenvalue weighted by molar-refractivity contribution is -0.137. The van der Waals surface area contributed by atoms with E-state index in [-0.39, 0.29) is 18.5 Å². The maximum Gasteiger partial charge on any atom is 0.315 e. The Labute approximate surface area is 109 Å². The van der Waals surface area contributed by atoms with Crippen molar-refractivity contribution in [3.05, 3.63) is 16.1 Å². The van der Waals surface area contributed by atoms with Crippen molar-refractivity contribution >= 4 is 23.3 Å². The number of urea groups is 1. The fraction of sp³-hybridized carbons (Fsp3) is 0.545. The van der Waals surface area contributed by atoms with Gasteiger partial charge >= 0.3 is 12.0 Å². The summed E-state index contributed by atoms with van der Waals surface area (Å²) in [7, 11) is 0. The fourth-order valence-corrected chi connectivity index (χ4v) is 2.11. The van der Waals surface area contributed by atoms with Crippen LogP contribution in [0.5, 0.6) is 0 Å². The van der Waals surface area contributed by atoms with Crippen molar-refractivity contribution in [2.24, 2.45) is 0 Å². The first kappa shape index (κ1) is 14.4. The highest BCUT2D eigenvalue weighted by atomic mass is 32.1. The van der Waals surface area contributed by atoms with E-state index < -0.39 is 5.97 Å². The molecule has 0 spiro atoms. The summed E-state index contributed by atoms with van der Waals surface area (Å²) >= 11 is 1.52. The number of rotatable bonds is 6. The lowest BCUT2D eigenvalue weighted by Gasteiger charge is -2.14. The molecule has 1 aromatic heterocycles. The van der Waals surface area contributed by atoms with Crippen molar-refractivity contribution in [2.75, 3.05) is 0 Å². The minimum absolute atomic E-state index is 0.0692. The molecule has 2 amide bonds. The van der Waals surface area contributed by atoms with Crippen LogP contribution in [0.25, 0.3) is 0 Å². The second-order valence-corrected chi connectivity index (χ2v) is 5.21. The van der Waals surface area contributed by atoms with Gasteiger partial charge in [-0.05, 0) is 13.3 Å². The molecule has 0 aliphatic rings. The van der Waals surface area contributed by atoms with Crippen LogP contribution in [0.3, 0.4) is 0 Å². The number of aromatic nitrogens is 1. The van der Waals surface area contributed by atoms with E-state index >= 15 is 0 Å². The molecule has 0 saturated carbocycles. The first-order chi connectivity index (χ1) is 8.51. The number of aliphatic carboxylic acids is 1. The number of hydrogen-bond donors (Lipinski definition) is 3. The molecule has 3 N–H and O–H groups in total. The van der Waals surface area contributed by atoms with E-state index in [4.69, 9.17) is 5.11 Å². The Bertz CT molecular complexity index is 419. The normalized spacial score (nSPS) is 11.9. The first-order valence-electron chi connectivity index (χ1n) is 5.68. The highest BCUT2D eigenvalue weighted by molar-refractivity contribution is 7.11. The van der Waals surface area contributed by atoms with Crippen LogP contribution in [0.4, 0.5) is 4.79 Å². The van der Waals surface area contributed by atoms with Gasteiger partial charge in [-0.3, -0.25) is 4.79 Å². The molecule has 100 valence electrons. The molecule has 1 rings (SSSR count). The summed E-state index contributed by atoms with van der Waals surface area (Å²) in [5.41, 5.74) is 0. The third kappa shape index (κ3) is 5.13. The Kier molecular flexibility index (Phi) is 5.57. The van der Waals surface area contributed by atoms with Gasteiger partial charge in [0, 0.05) is 17.1 Å². The molecule has 0 bridgehead atoms. The zero-order valence-corrected chi connectivity index (χ0v) is 11.2. The van der Waals surface area contributed by atoms with Gasteiger partial charge in [-0.25, -0.2) is 9.78 Å². The molecule has 1 aromatic rings. The summed E-state index contributed by atoms with van der Waals surface area (Å²) in [4.78, 5) is 27.3. The summed E-state index contributed by atoms with van der Waals surface area (Å²) in [5.74, 6) is -0.919. The predicted octanol–water partition coefficient (Wildman–Crippen LogP) is 1.50. The Morgan fingerprint density at radius 1 is 1.56 bits per heavy atom. The zero-order valence-electron chi connectivity index (χ0n) is 10.4. The summed E-state index contributed by atoms with van der Waals surface area (Å²) in [5, 5.41) is 14.8. The number of carbonyl (C=O) groups excluding carboxylic acids is 1. The molecule has 0 radical (unpaired) electrons. The van der Waals surface area contributed by atoms with E-state index in [1.807, 2.05) is 13.8 Å². The SMILES string of the molecule is CCC(CC(=O)O)NC(=O)NCc1ncc(C)s1. The molecule has 1 unspecified atom stereocenters. The lowest BCUT2D eigenvalue weighted by atomic mass is 10.1. The highest BCUT2D eigenvalue weighted by Gasteiger charge is 2.13. The van der Waals surface area contributed by atoms with Gasteiger partial charge in [0.1, 0.15) is 5.01 Å². The molecule has 0 aliphatic heterocycles. The Morgan fingerprint density at radius 3 is 2.78 bits per heavy atom. The van der Waals surface area contributed by atoms with Gasteiger partial charge in [-0.2, -0.15) is 0 Å². The van der Waals surface area contributed by atoms with Crippen LogP contribution < -0.4 is 10.6 Å². The van der Waals surface area contributed by atoms with Gasteiger partial charge in [-0.15, -0.1) is 11.3 Å². The number of hydrogen-bond acceptors (Lipinski definition) is 4. The molecule has 0 fully saturated rings. The second-order valence-electron chi connectivity index (χ2n) is 3.89. The van der Waals surface area contributed by atoms with Gasteiger partial charge in [-0.1, -0.05) is 6.92 Å². The van der Waals surface area contributed by atoms with Crippen molar-refractivity contribution < 1.29 is 14.7 Å². The van der Waals surface area contributed by atoms with Crippen LogP contribution in [0.1, 0.15) is 29.7 Å². The third-order valence-corrected chi connectivity index (χ3v) is 3.23. The van der Waals surface area contributed by atoms with Crippen LogP contribution in [0, 0.1) is 6.92 Å². The molecular formula is C11H17N3O3S. The van der Waals surface area contributed by atoms with Crippen molar-refractivity contribution in [2.45, 2.75) is 39.3 Å². The van der Waals surface area contributed by atoms with Crippen LogP contribution in [-0.2, 0) is 11.3 Å². The fourth-order valence-electron chi connectivity index (χ4n) is 1.38. The number of carboxylic acid groups (broad SMARTS) is 1. The maximum absolute atomic E-state index is 11.5. The minimum Gasteiger partial charge on any atom is -0.481 e. The number of carboxylic acids is 1. The minimum atomic E-state index is -0.919. The van der Waals surface area contributed by atoms with E-state index in [1.165, 1.54) is 11.3 Å². The number of nitrogens with one attached hydrogen (secondary N) is 2. The molecule has 0 saturated heterocycles. The van der Waals surface area contributed by atoms with E-state index in [1.54, 1.807) is 6.20 Å². The predicted molar refractivity (Wildman–Crippen MR) is 68.6 cm³/mol. The maximum atomic E-state index is 11.5. The van der Waals surface area contributed by atoms with Crippen LogP contribution in [-0.4, -0.2) is 28.1 Å². The number of amides is 2. The lowest BCUT2D eigenvalue weighted by Crippen LogP contribution is -2.42. The summed E-state index contributed by atoms with van der Waals surface area (Å²) in [6.07, 6.45) is 2.26. The number of aryl methyl sites for hydroxylation is 1. The second kappa shape index (κ2) is 6.95. The van der Waals surface area contributed by atoms with Crippen LogP contribution >= 0.6 is 11.3 Å². The monoisotopic (exact) mass is 271 g/mol. The van der Waals surface area contributed by atoms with Gasteiger partial charge < -0.3 is 15.7 Å². The smallest absolute Gasteiger partial charge is 0.315 e. The number of thiazole rings is 1. The van der Waals surface area contributed by atoms with Gasteiger partial charge in [0.15, 0.2) is 0 Å². The quantitative estimate of drug-likeness (QED) is 0.731. The molecule has 6 nitrogen and oxygen atoms in total. The molecule has 1 atom stereocenters. The van der Waals surface area contributed by atoms with E-state index in [0.29, 0.717) is 13.0 Å². The average Bonchev–Trinajstić information content (AvgIpc) is 2.71. The first-order valence-corrected chi connectivity index (χ1v) is 6.50. The van der Waals surface area contributed by atoms with Crippen molar-refractivity contribution in [3.63, 3.8) is 0 Å².